The van der Waals surface area contributed by atoms with Gasteiger partial charge in [-0.3, -0.25) is 0 Å². The van der Waals surface area contributed by atoms with Crippen LogP contribution >= 0.6 is 39.7 Å². The van der Waals surface area contributed by atoms with Crippen LogP contribution in [0.1, 0.15) is 29.3 Å². The Balaban J connectivity index is 0.000000845. The van der Waals surface area contributed by atoms with Crippen LogP contribution < -0.4 is 5.32 Å². The Labute approximate surface area is 97.5 Å². The van der Waals surface area contributed by atoms with Crippen LogP contribution in [0.5, 0.6) is 0 Å². The average Bonchev–Trinajstić information content (AvgIpc) is 2.61. The van der Waals surface area contributed by atoms with Gasteiger partial charge in [0.1, 0.15) is 0 Å². The second kappa shape index (κ2) is 4.78. The highest BCUT2D eigenvalue weighted by Gasteiger charge is 2.18. The molecule has 0 spiro atoms. The van der Waals surface area contributed by atoms with E-state index in [2.05, 4.69) is 34.2 Å². The highest BCUT2D eigenvalue weighted by atomic mass is 79.9. The highest BCUT2D eigenvalue weighted by Crippen LogP contribution is 2.34. The first-order chi connectivity index (χ1) is 5.77. The maximum Gasteiger partial charge on any atom is 0.0731 e. The maximum absolute atomic E-state index is 3.55. The van der Waals surface area contributed by atoms with Crippen molar-refractivity contribution in [3.05, 3.63) is 20.3 Å². The van der Waals surface area contributed by atoms with E-state index in [9.17, 15) is 0 Å². The molecular weight excluding hydrogens is 270 g/mol. The molecule has 74 valence electrons. The summed E-state index contributed by atoms with van der Waals surface area (Å²) in [5, 5.41) is 3.50. The van der Waals surface area contributed by atoms with E-state index in [-0.39, 0.29) is 12.4 Å². The fourth-order valence-electron chi connectivity index (χ4n) is 1.58. The Bertz CT molecular complexity index is 262. The third kappa shape index (κ3) is 2.46. The molecule has 2 rings (SSSR count). The summed E-state index contributed by atoms with van der Waals surface area (Å²) in [5.41, 5.74) is 1.36. The Morgan fingerprint density at radius 1 is 1.62 bits per heavy atom. The van der Waals surface area contributed by atoms with E-state index in [1.54, 1.807) is 0 Å². The van der Waals surface area contributed by atoms with Gasteiger partial charge in [-0.05, 0) is 53.9 Å². The molecule has 1 nitrogen and oxygen atoms in total. The van der Waals surface area contributed by atoms with Crippen LogP contribution in [-0.4, -0.2) is 6.54 Å². The lowest BCUT2D eigenvalue weighted by Crippen LogP contribution is -2.11. The van der Waals surface area contributed by atoms with Gasteiger partial charge in [-0.1, -0.05) is 0 Å². The lowest BCUT2D eigenvalue weighted by atomic mass is 10.2. The van der Waals surface area contributed by atoms with Crippen LogP contribution in [0.25, 0.3) is 0 Å². The summed E-state index contributed by atoms with van der Waals surface area (Å²) in [6.07, 6.45) is 2.62. The van der Waals surface area contributed by atoms with Crippen LogP contribution in [0, 0.1) is 6.92 Å². The Kier molecular flexibility index (Phi) is 4.23. The van der Waals surface area contributed by atoms with E-state index in [0.29, 0.717) is 6.04 Å². The molecular formula is C9H13BrClNS. The molecule has 1 aromatic heterocycles. The lowest BCUT2D eigenvalue weighted by molar-refractivity contribution is 0.659. The fourth-order valence-corrected chi connectivity index (χ4v) is 3.26. The molecule has 1 saturated heterocycles. The predicted molar refractivity (Wildman–Crippen MR) is 64.0 cm³/mol. The zero-order valence-corrected chi connectivity index (χ0v) is 10.7. The van der Waals surface area contributed by atoms with Gasteiger partial charge in [0.2, 0.25) is 0 Å². The number of rotatable bonds is 1. The first-order valence-corrected chi connectivity index (χ1v) is 5.87. The van der Waals surface area contributed by atoms with Gasteiger partial charge in [-0.15, -0.1) is 23.7 Å². The minimum absolute atomic E-state index is 0. The first-order valence-electron chi connectivity index (χ1n) is 4.26. The Morgan fingerprint density at radius 3 is 2.85 bits per heavy atom. The van der Waals surface area contributed by atoms with Crippen molar-refractivity contribution >= 4 is 39.7 Å². The molecule has 0 aliphatic carbocycles. The molecule has 0 bridgehead atoms. The van der Waals surface area contributed by atoms with Gasteiger partial charge in [0.15, 0.2) is 0 Å². The van der Waals surface area contributed by atoms with E-state index >= 15 is 0 Å². The van der Waals surface area contributed by atoms with Gasteiger partial charge in [-0.2, -0.15) is 0 Å². The van der Waals surface area contributed by atoms with Crippen molar-refractivity contribution < 1.29 is 0 Å². The number of nitrogens with one attached hydrogen (secondary N) is 1. The van der Waals surface area contributed by atoms with Crippen LogP contribution in [-0.2, 0) is 0 Å². The molecule has 1 aliphatic heterocycles. The number of aryl methyl sites for hydroxylation is 1. The summed E-state index contributed by atoms with van der Waals surface area (Å²) < 4.78 is 1.28. The Morgan fingerprint density at radius 2 is 2.38 bits per heavy atom. The molecule has 2 heterocycles. The van der Waals surface area contributed by atoms with Crippen molar-refractivity contribution in [2.75, 3.05) is 6.54 Å². The summed E-state index contributed by atoms with van der Waals surface area (Å²) >= 11 is 5.42. The van der Waals surface area contributed by atoms with E-state index in [1.807, 2.05) is 11.3 Å². The van der Waals surface area contributed by atoms with Gasteiger partial charge >= 0.3 is 0 Å². The maximum atomic E-state index is 3.55. The molecule has 13 heavy (non-hydrogen) atoms. The molecule has 0 radical (unpaired) electrons. The minimum Gasteiger partial charge on any atom is -0.309 e. The van der Waals surface area contributed by atoms with Crippen molar-refractivity contribution in [1.82, 2.24) is 5.32 Å². The van der Waals surface area contributed by atoms with Gasteiger partial charge in [0.25, 0.3) is 0 Å². The summed E-state index contributed by atoms with van der Waals surface area (Å²) in [4.78, 5) is 1.48. The topological polar surface area (TPSA) is 12.0 Å². The van der Waals surface area contributed by atoms with Crippen LogP contribution in [0.15, 0.2) is 9.85 Å². The zero-order chi connectivity index (χ0) is 8.55. The highest BCUT2D eigenvalue weighted by molar-refractivity contribution is 9.11. The number of thiophene rings is 1. The SMILES string of the molecule is Cc1cc([C@H]2CCCN2)sc1Br.Cl. The predicted octanol–water partition coefficient (Wildman–Crippen LogP) is 3.67. The summed E-state index contributed by atoms with van der Waals surface area (Å²) in [6, 6.07) is 2.91. The standard InChI is InChI=1S/C9H12BrNS.ClH/c1-6-5-8(12-9(6)10)7-3-2-4-11-7;/h5,7,11H,2-4H2,1H3;1H/t7-;/m1./s1. The molecule has 0 saturated carbocycles. The summed E-state index contributed by atoms with van der Waals surface area (Å²) in [6.45, 7) is 3.33. The third-order valence-electron chi connectivity index (χ3n) is 2.28. The molecule has 1 fully saturated rings. The molecule has 0 unspecified atom stereocenters. The second-order valence-corrected chi connectivity index (χ2v) is 5.66. The van der Waals surface area contributed by atoms with Gasteiger partial charge in [-0.25, -0.2) is 0 Å². The number of hydrogen-bond donors (Lipinski definition) is 1. The molecule has 1 aromatic rings. The summed E-state index contributed by atoms with van der Waals surface area (Å²) in [5.74, 6) is 0. The normalized spacial score (nSPS) is 21.5. The molecule has 1 atom stereocenters. The lowest BCUT2D eigenvalue weighted by Gasteiger charge is -2.05. The summed E-state index contributed by atoms with van der Waals surface area (Å²) in [7, 11) is 0. The Hall–Kier alpha value is 0.430. The van der Waals surface area contributed by atoms with Crippen molar-refractivity contribution in [1.29, 1.82) is 0 Å². The van der Waals surface area contributed by atoms with Crippen molar-refractivity contribution in [3.63, 3.8) is 0 Å². The number of halogens is 2. The van der Waals surface area contributed by atoms with Crippen molar-refractivity contribution in [2.24, 2.45) is 0 Å². The van der Waals surface area contributed by atoms with Crippen LogP contribution in [0.2, 0.25) is 0 Å². The van der Waals surface area contributed by atoms with E-state index in [0.717, 1.165) is 0 Å². The second-order valence-electron chi connectivity index (χ2n) is 3.25. The van der Waals surface area contributed by atoms with Gasteiger partial charge in [0, 0.05) is 10.9 Å². The number of hydrogen-bond acceptors (Lipinski definition) is 2. The van der Waals surface area contributed by atoms with Crippen molar-refractivity contribution in [2.45, 2.75) is 25.8 Å². The van der Waals surface area contributed by atoms with E-state index in [4.69, 9.17) is 0 Å². The average molecular weight is 283 g/mol. The minimum atomic E-state index is 0. The third-order valence-corrected chi connectivity index (χ3v) is 4.53. The quantitative estimate of drug-likeness (QED) is 0.829. The van der Waals surface area contributed by atoms with E-state index < -0.39 is 0 Å². The molecule has 0 aromatic carbocycles. The smallest absolute Gasteiger partial charge is 0.0731 e. The monoisotopic (exact) mass is 281 g/mol. The zero-order valence-electron chi connectivity index (χ0n) is 7.47. The van der Waals surface area contributed by atoms with Crippen LogP contribution in [0.3, 0.4) is 0 Å². The fraction of sp³-hybridized carbons (Fsp3) is 0.556. The van der Waals surface area contributed by atoms with Crippen molar-refractivity contribution in [3.8, 4) is 0 Å². The molecule has 1 N–H and O–H groups in total. The van der Waals surface area contributed by atoms with Crippen LogP contribution in [0.4, 0.5) is 0 Å². The van der Waals surface area contributed by atoms with E-state index in [1.165, 1.54) is 33.6 Å². The largest absolute Gasteiger partial charge is 0.309 e. The van der Waals surface area contributed by atoms with Gasteiger partial charge in [0.05, 0.1) is 3.79 Å². The first kappa shape index (κ1) is 11.5. The molecule has 1 aliphatic rings. The molecule has 4 heteroatoms. The molecule has 0 amide bonds. The van der Waals surface area contributed by atoms with Gasteiger partial charge < -0.3 is 5.32 Å².